The van der Waals surface area contributed by atoms with Crippen molar-refractivity contribution in [1.82, 2.24) is 0 Å². The van der Waals surface area contributed by atoms with Gasteiger partial charge in [-0.3, -0.25) is 0 Å². The lowest BCUT2D eigenvalue weighted by Crippen LogP contribution is -1.74. The second-order valence-electron chi connectivity index (χ2n) is 1.65. The maximum atomic E-state index is 3.78. The predicted octanol–water partition coefficient (Wildman–Crippen LogP) is 2.86. The van der Waals surface area contributed by atoms with Crippen molar-refractivity contribution in [1.29, 1.82) is 0 Å². The second-order valence-corrected chi connectivity index (χ2v) is 1.65. The maximum absolute atomic E-state index is 3.78. The highest BCUT2D eigenvalue weighted by atomic mass is 13.9. The van der Waals surface area contributed by atoms with E-state index in [1.807, 2.05) is 18.2 Å². The molecule has 0 radical (unpaired) electrons. The molecule has 0 saturated heterocycles. The second kappa shape index (κ2) is 5.10. The van der Waals surface area contributed by atoms with Crippen LogP contribution < -0.4 is 0 Å². The van der Waals surface area contributed by atoms with Crippen LogP contribution in [-0.4, -0.2) is 0 Å². The third-order valence-electron chi connectivity index (χ3n) is 0.959. The van der Waals surface area contributed by atoms with Gasteiger partial charge in [0.1, 0.15) is 0 Å². The normalized spacial score (nSPS) is 14.4. The summed E-state index contributed by atoms with van der Waals surface area (Å²) in [4.78, 5) is 0. The summed E-state index contributed by atoms with van der Waals surface area (Å²) in [6, 6.07) is 0. The van der Waals surface area contributed by atoms with Gasteiger partial charge in [0.05, 0.1) is 0 Å². The molecule has 0 amide bonds. The highest BCUT2D eigenvalue weighted by Crippen LogP contribution is 2.05. The van der Waals surface area contributed by atoms with Crippen LogP contribution in [-0.2, 0) is 0 Å². The average Bonchev–Trinajstić information content (AvgIpc) is 1.94. The zero-order valence-corrected chi connectivity index (χ0v) is 5.64. The van der Waals surface area contributed by atoms with Crippen molar-refractivity contribution >= 4 is 0 Å². The SMILES string of the molecule is C=C.C=C1C=CC=CC1. The minimum atomic E-state index is 1.02. The molecule has 48 valence electrons. The monoisotopic (exact) mass is 120 g/mol. The average molecular weight is 120 g/mol. The summed E-state index contributed by atoms with van der Waals surface area (Å²) in [5.41, 5.74) is 1.20. The maximum Gasteiger partial charge on any atom is -0.0100 e. The Balaban J connectivity index is 0.000000291. The minimum absolute atomic E-state index is 1.02. The molecule has 0 bridgehead atoms. The Morgan fingerprint density at radius 1 is 1.22 bits per heavy atom. The van der Waals surface area contributed by atoms with Crippen LogP contribution in [0.15, 0.2) is 49.6 Å². The van der Waals surface area contributed by atoms with Gasteiger partial charge in [-0.05, 0) is 6.42 Å². The lowest BCUT2D eigenvalue weighted by Gasteiger charge is -1.94. The van der Waals surface area contributed by atoms with E-state index in [2.05, 4.69) is 25.8 Å². The summed E-state index contributed by atoms with van der Waals surface area (Å²) in [6.45, 7) is 9.78. The molecule has 1 aliphatic rings. The molecule has 0 unspecified atom stereocenters. The van der Waals surface area contributed by atoms with E-state index < -0.39 is 0 Å². The molecule has 0 N–H and O–H groups in total. The van der Waals surface area contributed by atoms with Crippen LogP contribution in [0.2, 0.25) is 0 Å². The van der Waals surface area contributed by atoms with Crippen LogP contribution in [0.25, 0.3) is 0 Å². The van der Waals surface area contributed by atoms with E-state index in [0.29, 0.717) is 0 Å². The van der Waals surface area contributed by atoms with Gasteiger partial charge in [-0.25, -0.2) is 0 Å². The van der Waals surface area contributed by atoms with E-state index in [1.54, 1.807) is 0 Å². The molecular weight excluding hydrogens is 108 g/mol. The summed E-state index contributed by atoms with van der Waals surface area (Å²) < 4.78 is 0. The van der Waals surface area contributed by atoms with Crippen molar-refractivity contribution in [2.75, 3.05) is 0 Å². The first kappa shape index (κ1) is 7.96. The molecule has 0 heterocycles. The summed E-state index contributed by atoms with van der Waals surface area (Å²) in [7, 11) is 0. The van der Waals surface area contributed by atoms with Crippen LogP contribution in [0.4, 0.5) is 0 Å². The molecule has 0 aromatic rings. The molecule has 0 fully saturated rings. The molecule has 0 aromatic carbocycles. The van der Waals surface area contributed by atoms with Crippen molar-refractivity contribution in [3.63, 3.8) is 0 Å². The molecule has 0 aliphatic heterocycles. The topological polar surface area (TPSA) is 0 Å². The van der Waals surface area contributed by atoms with Crippen molar-refractivity contribution in [2.24, 2.45) is 0 Å². The van der Waals surface area contributed by atoms with Gasteiger partial charge in [0.25, 0.3) is 0 Å². The number of allylic oxidation sites excluding steroid dienone is 5. The number of hydrogen-bond donors (Lipinski definition) is 0. The Labute approximate surface area is 56.9 Å². The smallest absolute Gasteiger partial charge is 0.0100 e. The Kier molecular flexibility index (Phi) is 4.51. The van der Waals surface area contributed by atoms with E-state index in [4.69, 9.17) is 0 Å². The Hall–Kier alpha value is -1.04. The van der Waals surface area contributed by atoms with Gasteiger partial charge in [0.2, 0.25) is 0 Å². The fraction of sp³-hybridized carbons (Fsp3) is 0.111. The summed E-state index contributed by atoms with van der Waals surface area (Å²) in [5, 5.41) is 0. The number of rotatable bonds is 0. The summed E-state index contributed by atoms with van der Waals surface area (Å²) in [5.74, 6) is 0. The van der Waals surface area contributed by atoms with Gasteiger partial charge in [0.15, 0.2) is 0 Å². The van der Waals surface area contributed by atoms with E-state index in [9.17, 15) is 0 Å². The van der Waals surface area contributed by atoms with Crippen LogP contribution in [0, 0.1) is 0 Å². The van der Waals surface area contributed by atoms with E-state index in [-0.39, 0.29) is 0 Å². The van der Waals surface area contributed by atoms with Gasteiger partial charge in [-0.1, -0.05) is 36.5 Å². The molecule has 0 saturated carbocycles. The first-order valence-corrected chi connectivity index (χ1v) is 2.90. The van der Waals surface area contributed by atoms with Crippen molar-refractivity contribution in [3.05, 3.63) is 49.6 Å². The van der Waals surface area contributed by atoms with Crippen molar-refractivity contribution < 1.29 is 0 Å². The molecular formula is C9H12. The first-order valence-electron chi connectivity index (χ1n) is 2.90. The fourth-order valence-corrected chi connectivity index (χ4v) is 0.558. The first-order chi connectivity index (χ1) is 4.39. The third kappa shape index (κ3) is 3.53. The molecule has 9 heavy (non-hydrogen) atoms. The molecule has 1 rings (SSSR count). The highest BCUT2D eigenvalue weighted by molar-refractivity contribution is 5.26. The minimum Gasteiger partial charge on any atom is -0.106 e. The molecule has 0 nitrogen and oxygen atoms in total. The van der Waals surface area contributed by atoms with Crippen molar-refractivity contribution in [3.8, 4) is 0 Å². The van der Waals surface area contributed by atoms with Crippen LogP contribution in [0.1, 0.15) is 6.42 Å². The summed E-state index contributed by atoms with van der Waals surface area (Å²) >= 11 is 0. The van der Waals surface area contributed by atoms with E-state index in [0.717, 1.165) is 6.42 Å². The molecule has 0 atom stereocenters. The largest absolute Gasteiger partial charge is 0.106 e. The van der Waals surface area contributed by atoms with E-state index >= 15 is 0 Å². The quantitative estimate of drug-likeness (QED) is 0.431. The standard InChI is InChI=1S/C7H8.C2H4/c1-7-5-3-2-4-6-7;1-2/h2-5H,1,6H2;1-2H2. The Morgan fingerprint density at radius 2 is 1.89 bits per heavy atom. The van der Waals surface area contributed by atoms with Gasteiger partial charge < -0.3 is 0 Å². The highest BCUT2D eigenvalue weighted by Gasteiger charge is 1.84. The molecule has 1 aliphatic carbocycles. The number of hydrogen-bond acceptors (Lipinski definition) is 0. The zero-order valence-electron chi connectivity index (χ0n) is 5.64. The Morgan fingerprint density at radius 3 is 2.11 bits per heavy atom. The Bertz CT molecular complexity index is 138. The summed E-state index contributed by atoms with van der Waals surface area (Å²) in [6.07, 6.45) is 9.19. The van der Waals surface area contributed by atoms with Gasteiger partial charge in [-0.2, -0.15) is 0 Å². The zero-order chi connectivity index (χ0) is 7.11. The molecule has 0 spiro atoms. The van der Waals surface area contributed by atoms with Gasteiger partial charge >= 0.3 is 0 Å². The lowest BCUT2D eigenvalue weighted by molar-refractivity contribution is 1.28. The van der Waals surface area contributed by atoms with Gasteiger partial charge in [-0.15, -0.1) is 13.2 Å². The van der Waals surface area contributed by atoms with Crippen LogP contribution in [0.5, 0.6) is 0 Å². The third-order valence-corrected chi connectivity index (χ3v) is 0.959. The molecule has 0 heteroatoms. The fourth-order valence-electron chi connectivity index (χ4n) is 0.558. The van der Waals surface area contributed by atoms with Crippen molar-refractivity contribution in [2.45, 2.75) is 6.42 Å². The van der Waals surface area contributed by atoms with Crippen LogP contribution in [0.3, 0.4) is 0 Å². The lowest BCUT2D eigenvalue weighted by atomic mass is 10.1. The van der Waals surface area contributed by atoms with E-state index in [1.165, 1.54) is 5.57 Å². The van der Waals surface area contributed by atoms with Gasteiger partial charge in [0, 0.05) is 0 Å². The van der Waals surface area contributed by atoms with Crippen LogP contribution >= 0.6 is 0 Å². The predicted molar refractivity (Wildman–Crippen MR) is 43.3 cm³/mol. The molecule has 0 aromatic heterocycles.